The molecule has 2 aromatic carbocycles. The molecule has 0 aliphatic rings. The largest absolute Gasteiger partial charge is 0.320 e. The average molecular weight is 283 g/mol. The highest BCUT2D eigenvalue weighted by Crippen LogP contribution is 2.25. The normalized spacial score (nSPS) is 12.6. The fourth-order valence-corrected chi connectivity index (χ4v) is 2.44. The Bertz CT molecular complexity index is 768. The number of para-hydroxylation sites is 1. The maximum absolute atomic E-state index is 6.33. The van der Waals surface area contributed by atoms with Gasteiger partial charge in [0.25, 0.3) is 0 Å². The number of nitrogens with two attached hydrogens (primary N) is 1. The number of pyridine rings is 1. The van der Waals surface area contributed by atoms with E-state index < -0.39 is 0 Å². The molecule has 1 unspecified atom stereocenters. The zero-order valence-electron chi connectivity index (χ0n) is 11.2. The van der Waals surface area contributed by atoms with Crippen LogP contribution in [0.5, 0.6) is 0 Å². The first-order chi connectivity index (χ1) is 9.65. The van der Waals surface area contributed by atoms with E-state index in [0.29, 0.717) is 0 Å². The summed E-state index contributed by atoms with van der Waals surface area (Å²) in [7, 11) is 0. The van der Waals surface area contributed by atoms with Crippen LogP contribution in [0.25, 0.3) is 10.9 Å². The van der Waals surface area contributed by atoms with Gasteiger partial charge in [-0.25, -0.2) is 0 Å². The zero-order chi connectivity index (χ0) is 14.1. The molecule has 1 atom stereocenters. The van der Waals surface area contributed by atoms with Crippen molar-refractivity contribution in [2.24, 2.45) is 5.73 Å². The van der Waals surface area contributed by atoms with E-state index in [1.807, 2.05) is 55.6 Å². The van der Waals surface area contributed by atoms with Crippen LogP contribution in [-0.2, 0) is 0 Å². The quantitative estimate of drug-likeness (QED) is 0.763. The van der Waals surface area contributed by atoms with E-state index >= 15 is 0 Å². The molecule has 0 saturated heterocycles. The summed E-state index contributed by atoms with van der Waals surface area (Å²) in [5, 5.41) is 1.84. The number of benzene rings is 2. The second-order valence-corrected chi connectivity index (χ2v) is 5.35. The van der Waals surface area contributed by atoms with Crippen molar-refractivity contribution in [3.63, 3.8) is 0 Å². The molecule has 0 amide bonds. The van der Waals surface area contributed by atoms with Gasteiger partial charge >= 0.3 is 0 Å². The van der Waals surface area contributed by atoms with Crippen LogP contribution in [-0.4, -0.2) is 4.98 Å². The Morgan fingerprint density at radius 2 is 1.85 bits per heavy atom. The number of aryl methyl sites for hydroxylation is 1. The summed E-state index contributed by atoms with van der Waals surface area (Å²) < 4.78 is 0. The molecule has 0 bridgehead atoms. The van der Waals surface area contributed by atoms with Gasteiger partial charge in [-0.1, -0.05) is 41.9 Å². The predicted octanol–water partition coefficient (Wildman–Crippen LogP) is 4.24. The summed E-state index contributed by atoms with van der Waals surface area (Å²) in [5.41, 5.74) is 10.3. The number of hydrogen-bond donors (Lipinski definition) is 1. The number of rotatable bonds is 2. The Balaban J connectivity index is 2.02. The van der Waals surface area contributed by atoms with Crippen LogP contribution in [0.2, 0.25) is 5.02 Å². The third kappa shape index (κ3) is 2.40. The van der Waals surface area contributed by atoms with Crippen LogP contribution in [0.15, 0.2) is 54.7 Å². The summed E-state index contributed by atoms with van der Waals surface area (Å²) in [5.74, 6) is 0. The van der Waals surface area contributed by atoms with Gasteiger partial charge in [0.15, 0.2) is 0 Å². The maximum atomic E-state index is 6.33. The maximum Gasteiger partial charge on any atom is 0.0702 e. The number of nitrogens with zero attached hydrogens (tertiary/aromatic N) is 1. The Morgan fingerprint density at radius 3 is 2.65 bits per heavy atom. The van der Waals surface area contributed by atoms with Crippen LogP contribution in [0.1, 0.15) is 22.7 Å². The number of halogens is 1. The third-order valence-corrected chi connectivity index (χ3v) is 3.93. The topological polar surface area (TPSA) is 38.9 Å². The molecule has 0 fully saturated rings. The summed E-state index contributed by atoms with van der Waals surface area (Å²) >= 11 is 6.17. The van der Waals surface area contributed by atoms with Crippen LogP contribution in [0.3, 0.4) is 0 Å². The molecule has 0 aliphatic heterocycles. The number of aromatic nitrogens is 1. The van der Waals surface area contributed by atoms with E-state index in [-0.39, 0.29) is 6.04 Å². The van der Waals surface area contributed by atoms with Gasteiger partial charge in [0.05, 0.1) is 11.6 Å². The van der Waals surface area contributed by atoms with Crippen LogP contribution < -0.4 is 5.73 Å². The molecule has 3 heteroatoms. The first-order valence-corrected chi connectivity index (χ1v) is 6.89. The first kappa shape index (κ1) is 13.1. The minimum Gasteiger partial charge on any atom is -0.320 e. The molecule has 100 valence electrons. The van der Waals surface area contributed by atoms with Crippen molar-refractivity contribution >= 4 is 22.5 Å². The highest BCUT2D eigenvalue weighted by atomic mass is 35.5. The van der Waals surface area contributed by atoms with Crippen molar-refractivity contribution in [1.29, 1.82) is 0 Å². The standard InChI is InChI=1S/C17H15ClN2/c1-11-6-7-13(9-15(11)18)17(19)14-8-12-4-2-3-5-16(12)20-10-14/h2-10,17H,19H2,1H3. The molecule has 3 rings (SSSR count). The van der Waals surface area contributed by atoms with Crippen LogP contribution in [0, 0.1) is 6.92 Å². The monoisotopic (exact) mass is 282 g/mol. The molecule has 3 aromatic rings. The summed E-state index contributed by atoms with van der Waals surface area (Å²) in [6.07, 6.45) is 1.83. The molecule has 2 nitrogen and oxygen atoms in total. The van der Waals surface area contributed by atoms with Crippen molar-refractivity contribution < 1.29 is 0 Å². The van der Waals surface area contributed by atoms with Crippen molar-refractivity contribution in [2.45, 2.75) is 13.0 Å². The fraction of sp³-hybridized carbons (Fsp3) is 0.118. The van der Waals surface area contributed by atoms with Crippen molar-refractivity contribution in [3.8, 4) is 0 Å². The van der Waals surface area contributed by atoms with Gasteiger partial charge in [0.2, 0.25) is 0 Å². The van der Waals surface area contributed by atoms with E-state index in [9.17, 15) is 0 Å². The van der Waals surface area contributed by atoms with E-state index in [1.54, 1.807) is 0 Å². The third-order valence-electron chi connectivity index (χ3n) is 3.53. The Hall–Kier alpha value is -1.90. The van der Waals surface area contributed by atoms with Crippen molar-refractivity contribution in [3.05, 3.63) is 76.4 Å². The van der Waals surface area contributed by atoms with Gasteiger partial charge in [-0.15, -0.1) is 0 Å². The van der Waals surface area contributed by atoms with E-state index in [0.717, 1.165) is 32.6 Å². The minimum atomic E-state index is -0.217. The molecule has 1 heterocycles. The lowest BCUT2D eigenvalue weighted by Gasteiger charge is -2.14. The lowest BCUT2D eigenvalue weighted by molar-refractivity contribution is 0.866. The van der Waals surface area contributed by atoms with Gasteiger partial charge in [-0.05, 0) is 41.8 Å². The molecule has 1 aromatic heterocycles. The van der Waals surface area contributed by atoms with Gasteiger partial charge in [-0.3, -0.25) is 4.98 Å². The molecule has 0 aliphatic carbocycles. The van der Waals surface area contributed by atoms with E-state index in [2.05, 4.69) is 11.1 Å². The summed E-state index contributed by atoms with van der Waals surface area (Å²) in [4.78, 5) is 4.45. The van der Waals surface area contributed by atoms with Gasteiger partial charge in [-0.2, -0.15) is 0 Å². The van der Waals surface area contributed by atoms with Gasteiger partial charge < -0.3 is 5.73 Å². The number of fused-ring (bicyclic) bond motifs is 1. The fourth-order valence-electron chi connectivity index (χ4n) is 2.25. The Kier molecular flexibility index (Phi) is 3.43. The molecule has 0 saturated carbocycles. The minimum absolute atomic E-state index is 0.217. The number of hydrogen-bond acceptors (Lipinski definition) is 2. The Labute approximate surface area is 123 Å². The summed E-state index contributed by atoms with van der Waals surface area (Å²) in [6.45, 7) is 1.98. The predicted molar refractivity (Wildman–Crippen MR) is 84.0 cm³/mol. The molecular formula is C17H15ClN2. The average Bonchev–Trinajstić information content (AvgIpc) is 2.49. The SMILES string of the molecule is Cc1ccc(C(N)c2cnc3ccccc3c2)cc1Cl. The summed E-state index contributed by atoms with van der Waals surface area (Å²) in [6, 6.07) is 15.8. The Morgan fingerprint density at radius 1 is 1.05 bits per heavy atom. The second kappa shape index (κ2) is 5.23. The molecule has 2 N–H and O–H groups in total. The highest BCUT2D eigenvalue weighted by molar-refractivity contribution is 6.31. The van der Waals surface area contributed by atoms with Crippen molar-refractivity contribution in [1.82, 2.24) is 4.98 Å². The van der Waals surface area contributed by atoms with Crippen molar-refractivity contribution in [2.75, 3.05) is 0 Å². The van der Waals surface area contributed by atoms with Gasteiger partial charge in [0, 0.05) is 16.6 Å². The molecule has 0 radical (unpaired) electrons. The highest BCUT2D eigenvalue weighted by Gasteiger charge is 2.11. The smallest absolute Gasteiger partial charge is 0.0702 e. The molecule has 0 spiro atoms. The lowest BCUT2D eigenvalue weighted by atomic mass is 9.99. The van der Waals surface area contributed by atoms with Crippen LogP contribution >= 0.6 is 11.6 Å². The van der Waals surface area contributed by atoms with E-state index in [4.69, 9.17) is 17.3 Å². The first-order valence-electron chi connectivity index (χ1n) is 6.51. The van der Waals surface area contributed by atoms with Crippen LogP contribution in [0.4, 0.5) is 0 Å². The molecule has 20 heavy (non-hydrogen) atoms. The zero-order valence-corrected chi connectivity index (χ0v) is 11.9. The van der Waals surface area contributed by atoms with Gasteiger partial charge in [0.1, 0.15) is 0 Å². The van der Waals surface area contributed by atoms with E-state index in [1.165, 1.54) is 0 Å². The lowest BCUT2D eigenvalue weighted by Crippen LogP contribution is -2.12. The second-order valence-electron chi connectivity index (χ2n) is 4.95. The molecular weight excluding hydrogens is 268 g/mol.